The van der Waals surface area contributed by atoms with Crippen molar-refractivity contribution in [2.45, 2.75) is 39.3 Å². The Labute approximate surface area is 164 Å². The lowest BCUT2D eigenvalue weighted by atomic mass is 9.90. The van der Waals surface area contributed by atoms with Gasteiger partial charge < -0.3 is 10.2 Å². The molecule has 3 nitrogen and oxygen atoms in total. The quantitative estimate of drug-likeness (QED) is 0.612. The first-order chi connectivity index (χ1) is 13.0. The highest BCUT2D eigenvalue weighted by atomic mass is 32.1. The first-order valence-electron chi connectivity index (χ1n) is 9.34. The summed E-state index contributed by atoms with van der Waals surface area (Å²) in [5, 5.41) is 5.64. The van der Waals surface area contributed by atoms with E-state index in [2.05, 4.69) is 68.6 Å². The maximum absolute atomic E-state index is 13.1. The van der Waals surface area contributed by atoms with Gasteiger partial charge in [0.05, 0.1) is 10.9 Å². The first-order valence-corrected chi connectivity index (χ1v) is 10.2. The molecule has 1 amide bonds. The predicted octanol–water partition coefficient (Wildman–Crippen LogP) is 5.96. The number of anilines is 2. The Morgan fingerprint density at radius 3 is 2.52 bits per heavy atom. The van der Waals surface area contributed by atoms with Crippen LogP contribution in [0.5, 0.6) is 0 Å². The van der Waals surface area contributed by atoms with E-state index in [0.717, 1.165) is 22.7 Å². The molecule has 0 aliphatic carbocycles. The van der Waals surface area contributed by atoms with Gasteiger partial charge in [-0.25, -0.2) is 0 Å². The molecule has 0 saturated heterocycles. The van der Waals surface area contributed by atoms with E-state index in [9.17, 15) is 4.79 Å². The molecule has 1 aromatic heterocycles. The Balaban J connectivity index is 1.71. The predicted molar refractivity (Wildman–Crippen MR) is 114 cm³/mol. The van der Waals surface area contributed by atoms with Crippen LogP contribution in [0.25, 0.3) is 0 Å². The fourth-order valence-electron chi connectivity index (χ4n) is 3.80. The molecule has 0 unspecified atom stereocenters. The van der Waals surface area contributed by atoms with E-state index in [-0.39, 0.29) is 18.0 Å². The average Bonchev–Trinajstić information content (AvgIpc) is 3.18. The second kappa shape index (κ2) is 7.20. The molecule has 0 fully saturated rings. The van der Waals surface area contributed by atoms with E-state index < -0.39 is 0 Å². The van der Waals surface area contributed by atoms with Crippen LogP contribution >= 0.6 is 11.3 Å². The normalized spacial score (nSPS) is 18.9. The topological polar surface area (TPSA) is 32.3 Å². The van der Waals surface area contributed by atoms with Gasteiger partial charge in [-0.15, -0.1) is 11.3 Å². The molecule has 0 spiro atoms. The standard InChI is InChI=1S/C23H24N2OS/c1-15-6-9-18(10-7-15)24-20-14-17(3)25(23(26)22-5-4-12-27-22)21-11-8-16(2)13-19(20)21/h4-13,17,20,24H,14H2,1-3H3/t17-,20-/m1/s1. The number of aryl methyl sites for hydroxylation is 2. The van der Waals surface area contributed by atoms with Crippen molar-refractivity contribution in [3.8, 4) is 0 Å². The second-order valence-corrected chi connectivity index (χ2v) is 8.31. The maximum atomic E-state index is 13.1. The number of nitrogens with one attached hydrogen (secondary N) is 1. The van der Waals surface area contributed by atoms with Crippen LogP contribution in [0.3, 0.4) is 0 Å². The summed E-state index contributed by atoms with van der Waals surface area (Å²) < 4.78 is 0. The molecule has 4 heteroatoms. The summed E-state index contributed by atoms with van der Waals surface area (Å²) >= 11 is 1.50. The minimum absolute atomic E-state index is 0.0939. The fraction of sp³-hybridized carbons (Fsp3) is 0.261. The minimum atomic E-state index is 0.0939. The summed E-state index contributed by atoms with van der Waals surface area (Å²) in [5.74, 6) is 0.0939. The van der Waals surface area contributed by atoms with Crippen molar-refractivity contribution in [3.05, 3.63) is 81.5 Å². The van der Waals surface area contributed by atoms with Crippen molar-refractivity contribution in [3.63, 3.8) is 0 Å². The molecular formula is C23H24N2OS. The molecule has 1 aliphatic rings. The SMILES string of the molecule is Cc1ccc(N[C@@H]2C[C@@H](C)N(C(=O)c3cccs3)c3ccc(C)cc32)cc1. The van der Waals surface area contributed by atoms with Gasteiger partial charge >= 0.3 is 0 Å². The highest BCUT2D eigenvalue weighted by molar-refractivity contribution is 7.12. The van der Waals surface area contributed by atoms with Crippen LogP contribution in [0.15, 0.2) is 60.0 Å². The van der Waals surface area contributed by atoms with Crippen molar-refractivity contribution in [2.24, 2.45) is 0 Å². The van der Waals surface area contributed by atoms with E-state index in [1.165, 1.54) is 28.0 Å². The lowest BCUT2D eigenvalue weighted by Crippen LogP contribution is -2.44. The van der Waals surface area contributed by atoms with Crippen molar-refractivity contribution < 1.29 is 4.79 Å². The lowest BCUT2D eigenvalue weighted by molar-refractivity contribution is 0.0978. The number of hydrogen-bond donors (Lipinski definition) is 1. The summed E-state index contributed by atoms with van der Waals surface area (Å²) in [6.45, 7) is 6.34. The number of nitrogens with zero attached hydrogens (tertiary/aromatic N) is 1. The van der Waals surface area contributed by atoms with Crippen LogP contribution in [-0.4, -0.2) is 11.9 Å². The molecule has 0 bridgehead atoms. The van der Waals surface area contributed by atoms with Crippen LogP contribution in [0.1, 0.15) is 45.7 Å². The number of carbonyl (C=O) groups excluding carboxylic acids is 1. The van der Waals surface area contributed by atoms with Gasteiger partial charge in [-0.2, -0.15) is 0 Å². The van der Waals surface area contributed by atoms with Crippen molar-refractivity contribution >= 4 is 28.6 Å². The molecule has 1 aliphatic heterocycles. The van der Waals surface area contributed by atoms with Crippen molar-refractivity contribution in [2.75, 3.05) is 10.2 Å². The minimum Gasteiger partial charge on any atom is -0.378 e. The van der Waals surface area contributed by atoms with E-state index in [0.29, 0.717) is 0 Å². The molecular weight excluding hydrogens is 352 g/mol. The van der Waals surface area contributed by atoms with Gasteiger partial charge in [0.25, 0.3) is 5.91 Å². The number of fused-ring (bicyclic) bond motifs is 1. The van der Waals surface area contributed by atoms with E-state index in [1.54, 1.807) is 0 Å². The van der Waals surface area contributed by atoms with Crippen molar-refractivity contribution in [1.82, 2.24) is 0 Å². The van der Waals surface area contributed by atoms with Gasteiger partial charge in [0, 0.05) is 17.4 Å². The van der Waals surface area contributed by atoms with Gasteiger partial charge in [-0.1, -0.05) is 41.5 Å². The van der Waals surface area contributed by atoms with Gasteiger partial charge in [-0.3, -0.25) is 4.79 Å². The van der Waals surface area contributed by atoms with Gasteiger partial charge in [0.2, 0.25) is 0 Å². The summed E-state index contributed by atoms with van der Waals surface area (Å²) in [5.41, 5.74) is 5.79. The number of amides is 1. The van der Waals surface area contributed by atoms with Crippen LogP contribution in [0.4, 0.5) is 11.4 Å². The van der Waals surface area contributed by atoms with Gasteiger partial charge in [0.15, 0.2) is 0 Å². The summed E-state index contributed by atoms with van der Waals surface area (Å²) in [7, 11) is 0. The lowest BCUT2D eigenvalue weighted by Gasteiger charge is -2.40. The molecule has 2 aromatic carbocycles. The Morgan fingerprint density at radius 1 is 1.07 bits per heavy atom. The third kappa shape index (κ3) is 3.50. The molecule has 2 heterocycles. The molecule has 4 rings (SSSR count). The number of hydrogen-bond acceptors (Lipinski definition) is 3. The molecule has 138 valence electrons. The van der Waals surface area contributed by atoms with Gasteiger partial charge in [-0.05, 0) is 62.4 Å². The zero-order valence-corrected chi connectivity index (χ0v) is 16.7. The van der Waals surface area contributed by atoms with Gasteiger partial charge in [0.1, 0.15) is 0 Å². The van der Waals surface area contributed by atoms with E-state index in [4.69, 9.17) is 0 Å². The average molecular weight is 377 g/mol. The molecule has 0 radical (unpaired) electrons. The Bertz CT molecular complexity index is 947. The summed E-state index contributed by atoms with van der Waals surface area (Å²) in [4.78, 5) is 15.9. The van der Waals surface area contributed by atoms with Crippen molar-refractivity contribution in [1.29, 1.82) is 0 Å². The smallest absolute Gasteiger partial charge is 0.268 e. The molecule has 0 saturated carbocycles. The Kier molecular flexibility index (Phi) is 4.75. The summed E-state index contributed by atoms with van der Waals surface area (Å²) in [6, 6.07) is 19.0. The molecule has 1 N–H and O–H groups in total. The Hall–Kier alpha value is -2.59. The molecule has 27 heavy (non-hydrogen) atoms. The number of thiophene rings is 1. The third-order valence-electron chi connectivity index (χ3n) is 5.18. The number of benzene rings is 2. The van der Waals surface area contributed by atoms with E-state index in [1.807, 2.05) is 22.4 Å². The Morgan fingerprint density at radius 2 is 1.81 bits per heavy atom. The monoisotopic (exact) mass is 376 g/mol. The molecule has 2 atom stereocenters. The van der Waals surface area contributed by atoms with E-state index >= 15 is 0 Å². The van der Waals surface area contributed by atoms with Crippen LogP contribution in [-0.2, 0) is 0 Å². The number of carbonyl (C=O) groups is 1. The van der Waals surface area contributed by atoms with Crippen LogP contribution in [0, 0.1) is 13.8 Å². The van der Waals surface area contributed by atoms with Crippen LogP contribution < -0.4 is 10.2 Å². The fourth-order valence-corrected chi connectivity index (χ4v) is 4.46. The summed E-state index contributed by atoms with van der Waals surface area (Å²) in [6.07, 6.45) is 0.876. The highest BCUT2D eigenvalue weighted by Gasteiger charge is 2.34. The highest BCUT2D eigenvalue weighted by Crippen LogP contribution is 2.40. The zero-order chi connectivity index (χ0) is 19.0. The largest absolute Gasteiger partial charge is 0.378 e. The first kappa shape index (κ1) is 17.8. The van der Waals surface area contributed by atoms with Crippen LogP contribution in [0.2, 0.25) is 0 Å². The molecule has 3 aromatic rings. The third-order valence-corrected chi connectivity index (χ3v) is 6.04. The number of rotatable bonds is 3. The second-order valence-electron chi connectivity index (χ2n) is 7.36. The zero-order valence-electron chi connectivity index (χ0n) is 15.9. The maximum Gasteiger partial charge on any atom is 0.268 e.